The zero-order chi connectivity index (χ0) is 66.4. The molecule has 0 saturated carbocycles. The minimum absolute atomic E-state index is 0.610. The highest BCUT2D eigenvalue weighted by molar-refractivity contribution is 7.22. The maximum atomic E-state index is 6.11. The van der Waals surface area contributed by atoms with Crippen LogP contribution in [0.15, 0.2) is 400 Å². The van der Waals surface area contributed by atoms with Crippen LogP contribution in [-0.4, -0.2) is 35.2 Å². The van der Waals surface area contributed by atoms with E-state index >= 15 is 0 Å². The van der Waals surface area contributed by atoms with Crippen LogP contribution in [-0.2, 0) is 0 Å². The predicted octanol–water partition coefficient (Wildman–Crippen LogP) is 17.8. The van der Waals surface area contributed by atoms with Crippen molar-refractivity contribution < 1.29 is 0 Å². The average Bonchev–Trinajstić information content (AvgIpc) is 0.984. The largest absolute Gasteiger partial charge is 0.294 e. The van der Waals surface area contributed by atoms with Crippen molar-refractivity contribution >= 4 is 101 Å². The van der Waals surface area contributed by atoms with Gasteiger partial charge in [0, 0.05) is 33.2 Å². The van der Waals surface area contributed by atoms with Crippen LogP contribution < -0.4 is 41.5 Å². The van der Waals surface area contributed by atoms with E-state index in [-0.39, 0.29) is 0 Å². The quantitative estimate of drug-likeness (QED) is 0.0757. The fourth-order valence-electron chi connectivity index (χ4n) is 15.9. The van der Waals surface area contributed by atoms with E-state index in [1.807, 2.05) is 0 Å². The Morgan fingerprint density at radius 2 is 0.440 bits per heavy atom. The Hall–Kier alpha value is -12.6. The van der Waals surface area contributed by atoms with Gasteiger partial charge < -0.3 is 0 Å². The van der Waals surface area contributed by atoms with Crippen LogP contribution in [0, 0.1) is 0 Å². The Bertz CT molecular complexity index is 5840. The smallest absolute Gasteiger partial charge is 0.179 e. The van der Waals surface area contributed by atoms with E-state index in [0.717, 1.165) is 94.2 Å². The molecule has 0 amide bonds. The van der Waals surface area contributed by atoms with Crippen LogP contribution in [0.2, 0.25) is 0 Å². The van der Waals surface area contributed by atoms with Gasteiger partial charge in [0.25, 0.3) is 0 Å². The number of nitrogens with zero attached hydrogens (tertiary/aromatic N) is 4. The number of aromatic nitrogens is 4. The molecule has 6 heteroatoms. The van der Waals surface area contributed by atoms with E-state index in [1.54, 1.807) is 0 Å². The minimum Gasteiger partial charge on any atom is -0.294 e. The molecule has 3 aromatic heterocycles. The third-order valence-electron chi connectivity index (χ3n) is 20.4. The first-order chi connectivity index (χ1) is 49.6. The third kappa shape index (κ3) is 10.3. The Balaban J connectivity index is 1.02. The van der Waals surface area contributed by atoms with E-state index in [2.05, 4.69) is 410 Å². The van der Waals surface area contributed by atoms with Crippen LogP contribution in [0.5, 0.6) is 0 Å². The molecule has 15 aromatic carbocycles. The van der Waals surface area contributed by atoms with Gasteiger partial charge in [0.1, 0.15) is 11.6 Å². The highest BCUT2D eigenvalue weighted by Crippen LogP contribution is 2.38. The first-order valence-corrected chi connectivity index (χ1v) is 38.4. The number of benzene rings is 15. The SMILES string of the molecule is c1ccc(-c2cccc([Si](c3ccccc3)(c3ccccc3)c3cc(-c4nc(-n5c6ccccc6c6ccccc65)cc(-n5c6ccccc6c6cc(-c7ccccc7)ccc65)n4)cc([Si](c4ccccc4)(c4cccc(-c5ccccc5)c4)c4cccc(-c5ccccc5)c4)c3)c2)cc1. The van der Waals surface area contributed by atoms with E-state index in [0.29, 0.717) is 5.82 Å². The van der Waals surface area contributed by atoms with Gasteiger partial charge in [-0.15, -0.1) is 0 Å². The molecule has 0 radical (unpaired) electrons. The van der Waals surface area contributed by atoms with Crippen molar-refractivity contribution in [2.45, 2.75) is 0 Å². The number of rotatable bonds is 15. The number of para-hydroxylation sites is 3. The topological polar surface area (TPSA) is 35.6 Å². The fourth-order valence-corrected chi connectivity index (χ4v) is 25.8. The summed E-state index contributed by atoms with van der Waals surface area (Å²) in [5, 5.41) is 14.6. The lowest BCUT2D eigenvalue weighted by atomic mass is 10.0. The maximum absolute atomic E-state index is 6.11. The average molecular weight is 1310 g/mol. The van der Waals surface area contributed by atoms with Gasteiger partial charge in [-0.05, 0) is 116 Å². The molecule has 0 aliphatic rings. The lowest BCUT2D eigenvalue weighted by molar-refractivity contribution is 0.994. The zero-order valence-corrected chi connectivity index (χ0v) is 56.9. The van der Waals surface area contributed by atoms with Gasteiger partial charge in [0.15, 0.2) is 22.0 Å². The van der Waals surface area contributed by atoms with E-state index in [9.17, 15) is 0 Å². The first kappa shape index (κ1) is 59.9. The zero-order valence-electron chi connectivity index (χ0n) is 54.9. The molecule has 4 nitrogen and oxygen atoms in total. The Morgan fingerprint density at radius 1 is 0.170 bits per heavy atom. The maximum Gasteiger partial charge on any atom is 0.179 e. The second kappa shape index (κ2) is 25.4. The molecule has 0 spiro atoms. The van der Waals surface area contributed by atoms with Gasteiger partial charge in [-0.25, -0.2) is 9.97 Å². The molecule has 3 heterocycles. The summed E-state index contributed by atoms with van der Waals surface area (Å²) in [7, 11) is -7.15. The second-order valence-corrected chi connectivity index (χ2v) is 33.6. The molecule has 18 aromatic rings. The van der Waals surface area contributed by atoms with Gasteiger partial charge in [-0.1, -0.05) is 364 Å². The molecule has 0 atom stereocenters. The van der Waals surface area contributed by atoms with Crippen molar-refractivity contribution in [2.75, 3.05) is 0 Å². The fraction of sp³-hybridized carbons (Fsp3) is 0. The van der Waals surface area contributed by atoms with E-state index in [4.69, 9.17) is 9.97 Å². The van der Waals surface area contributed by atoms with Crippen LogP contribution in [0.1, 0.15) is 0 Å². The predicted molar refractivity (Wildman–Crippen MR) is 425 cm³/mol. The molecule has 18 rings (SSSR count). The molecule has 0 saturated heterocycles. The van der Waals surface area contributed by atoms with Gasteiger partial charge >= 0.3 is 0 Å². The van der Waals surface area contributed by atoms with Crippen molar-refractivity contribution in [3.63, 3.8) is 0 Å². The summed E-state index contributed by atoms with van der Waals surface area (Å²) in [4.78, 5) is 12.2. The Labute approximate surface area is 584 Å². The monoisotopic (exact) mass is 1310 g/mol. The van der Waals surface area contributed by atoms with Gasteiger partial charge in [0.05, 0.1) is 22.1 Å². The number of hydrogen-bond donors (Lipinski definition) is 0. The molecule has 0 fully saturated rings. The Kier molecular flexibility index (Phi) is 15.2. The summed E-state index contributed by atoms with van der Waals surface area (Å²) in [6.45, 7) is 0. The van der Waals surface area contributed by atoms with E-state index < -0.39 is 16.1 Å². The van der Waals surface area contributed by atoms with Gasteiger partial charge in [-0.3, -0.25) is 9.13 Å². The minimum atomic E-state index is -3.63. The normalized spacial score (nSPS) is 11.8. The van der Waals surface area contributed by atoms with Crippen molar-refractivity contribution in [2.24, 2.45) is 0 Å². The molecule has 470 valence electrons. The second-order valence-electron chi connectivity index (χ2n) is 26.0. The lowest BCUT2D eigenvalue weighted by Crippen LogP contribution is -2.78. The summed E-state index contributed by atoms with van der Waals surface area (Å²) in [6, 6.07) is 149. The van der Waals surface area contributed by atoms with Crippen LogP contribution in [0.4, 0.5) is 0 Å². The van der Waals surface area contributed by atoms with Crippen LogP contribution in [0.25, 0.3) is 111 Å². The van der Waals surface area contributed by atoms with Crippen molar-refractivity contribution in [3.05, 3.63) is 400 Å². The summed E-state index contributed by atoms with van der Waals surface area (Å²) in [5.41, 5.74) is 14.4. The van der Waals surface area contributed by atoms with Crippen molar-refractivity contribution in [1.82, 2.24) is 19.1 Å². The van der Waals surface area contributed by atoms with Gasteiger partial charge in [0.2, 0.25) is 0 Å². The summed E-state index contributed by atoms with van der Waals surface area (Å²) in [6.07, 6.45) is 0. The molecule has 0 aliphatic heterocycles. The van der Waals surface area contributed by atoms with Gasteiger partial charge in [-0.2, -0.15) is 0 Å². The van der Waals surface area contributed by atoms with Crippen LogP contribution in [0.3, 0.4) is 0 Å². The van der Waals surface area contributed by atoms with Crippen molar-refractivity contribution in [1.29, 1.82) is 0 Å². The molecule has 0 N–H and O–H groups in total. The van der Waals surface area contributed by atoms with Crippen molar-refractivity contribution in [3.8, 4) is 67.5 Å². The number of fused-ring (bicyclic) bond motifs is 6. The molecular weight excluding hydrogens is 1240 g/mol. The van der Waals surface area contributed by atoms with E-state index in [1.165, 1.54) is 52.6 Å². The highest BCUT2D eigenvalue weighted by Gasteiger charge is 2.47. The summed E-state index contributed by atoms with van der Waals surface area (Å²) < 4.78 is 4.74. The highest BCUT2D eigenvalue weighted by atomic mass is 28.3. The molecule has 0 unspecified atom stereocenters. The molecule has 0 aliphatic carbocycles. The first-order valence-electron chi connectivity index (χ1n) is 34.4. The Morgan fingerprint density at radius 3 is 0.810 bits per heavy atom. The molecule has 0 bridgehead atoms. The molecule has 100 heavy (non-hydrogen) atoms. The molecular formula is C94H66N4Si2. The standard InChI is InChI=1S/C94H66N4Si2/c1-8-31-67(32-9-1)71-39-28-48-79(59-71)99(76-42-16-5-17-43-76,77-44-18-6-19-45-77)82-62-75(63-83(65-82)100(78-46-20-7-21-47-78,80-49-29-40-72(60-80)68-33-10-2-11-34-68)81-50-30-41-73(61-81)69-35-12-3-13-36-69)94-95-92(97-88-54-25-22-51-84(88)85-52-23-26-55-89(85)97)66-93(96-94)98-90-56-27-24-53-86(90)87-64-74(57-58-91(87)98)70-37-14-4-15-38-70/h1-66H. The summed E-state index contributed by atoms with van der Waals surface area (Å²) in [5.74, 6) is 2.13. The summed E-state index contributed by atoms with van der Waals surface area (Å²) >= 11 is 0. The third-order valence-corrected chi connectivity index (χ3v) is 29.8. The van der Waals surface area contributed by atoms with Crippen LogP contribution >= 0.6 is 0 Å². The lowest BCUT2D eigenvalue weighted by Gasteiger charge is -2.39. The number of hydrogen-bond acceptors (Lipinski definition) is 2.